The number of para-hydroxylation sites is 1. The second-order valence-corrected chi connectivity index (χ2v) is 6.72. The molecule has 1 unspecified atom stereocenters. The second-order valence-electron chi connectivity index (χ2n) is 5.44. The Kier molecular flexibility index (Phi) is 5.43. The molecule has 1 aliphatic heterocycles. The van der Waals surface area contributed by atoms with E-state index in [1.54, 1.807) is 23.9 Å². The maximum absolute atomic E-state index is 10.0. The number of hydrogen-bond donors (Lipinski definition) is 2. The van der Waals surface area contributed by atoms with Crippen LogP contribution in [-0.4, -0.2) is 43.1 Å². The van der Waals surface area contributed by atoms with E-state index in [-0.39, 0.29) is 17.6 Å². The minimum Gasteiger partial charge on any atom is -0.508 e. The molecule has 0 aromatic heterocycles. The zero-order chi connectivity index (χ0) is 16.1. The molecular weight excluding hydrogens is 310 g/mol. The van der Waals surface area contributed by atoms with Gasteiger partial charge in [-0.15, -0.1) is 11.8 Å². The number of benzene rings is 2. The highest BCUT2D eigenvalue weighted by molar-refractivity contribution is 7.99. The van der Waals surface area contributed by atoms with Gasteiger partial charge >= 0.3 is 0 Å². The molecule has 1 fully saturated rings. The van der Waals surface area contributed by atoms with Gasteiger partial charge in [0.2, 0.25) is 0 Å². The number of aliphatic hydroxyl groups is 1. The zero-order valence-corrected chi connectivity index (χ0v) is 13.7. The van der Waals surface area contributed by atoms with Crippen LogP contribution < -0.4 is 4.90 Å². The summed E-state index contributed by atoms with van der Waals surface area (Å²) in [5.74, 6) is 0.225. The standard InChI is InChI=1S/C18H21NO3S/c20-13-18(16-6-1-2-7-17(16)21)23-15-5-3-4-14(12-15)19-8-10-22-11-9-19/h1-7,12,18,20-21H,8-11,13H2. The van der Waals surface area contributed by atoms with E-state index in [1.807, 2.05) is 24.3 Å². The van der Waals surface area contributed by atoms with Crippen LogP contribution in [0.15, 0.2) is 53.4 Å². The third-order valence-corrected chi connectivity index (χ3v) is 5.14. The normalized spacial score (nSPS) is 16.3. The van der Waals surface area contributed by atoms with Crippen molar-refractivity contribution < 1.29 is 14.9 Å². The van der Waals surface area contributed by atoms with Gasteiger partial charge in [-0.1, -0.05) is 24.3 Å². The molecule has 4 nitrogen and oxygen atoms in total. The van der Waals surface area contributed by atoms with E-state index in [0.29, 0.717) is 0 Å². The van der Waals surface area contributed by atoms with Gasteiger partial charge in [-0.2, -0.15) is 0 Å². The quantitative estimate of drug-likeness (QED) is 0.825. The molecule has 2 aromatic carbocycles. The highest BCUT2D eigenvalue weighted by Crippen LogP contribution is 2.39. The van der Waals surface area contributed by atoms with Gasteiger partial charge in [-0.25, -0.2) is 0 Å². The summed E-state index contributed by atoms with van der Waals surface area (Å²) in [7, 11) is 0. The van der Waals surface area contributed by atoms with Gasteiger partial charge in [0.25, 0.3) is 0 Å². The number of thioether (sulfide) groups is 1. The van der Waals surface area contributed by atoms with E-state index < -0.39 is 0 Å². The average Bonchev–Trinajstić information content (AvgIpc) is 2.61. The Bertz CT molecular complexity index is 644. The number of aromatic hydroxyl groups is 1. The number of ether oxygens (including phenoxy) is 1. The molecule has 0 amide bonds. The molecule has 3 rings (SSSR count). The van der Waals surface area contributed by atoms with Crippen LogP contribution >= 0.6 is 11.8 Å². The summed E-state index contributed by atoms with van der Waals surface area (Å²) >= 11 is 1.57. The number of nitrogens with zero attached hydrogens (tertiary/aromatic N) is 1. The van der Waals surface area contributed by atoms with Crippen LogP contribution in [0.25, 0.3) is 0 Å². The highest BCUT2D eigenvalue weighted by Gasteiger charge is 2.17. The lowest BCUT2D eigenvalue weighted by atomic mass is 10.1. The SMILES string of the molecule is OCC(Sc1cccc(N2CCOCC2)c1)c1ccccc1O. The van der Waals surface area contributed by atoms with Crippen LogP contribution in [0.1, 0.15) is 10.8 Å². The smallest absolute Gasteiger partial charge is 0.119 e. The lowest BCUT2D eigenvalue weighted by Gasteiger charge is -2.29. The molecule has 0 saturated carbocycles. The Labute approximate surface area is 140 Å². The molecule has 23 heavy (non-hydrogen) atoms. The van der Waals surface area contributed by atoms with E-state index in [9.17, 15) is 10.2 Å². The summed E-state index contributed by atoms with van der Waals surface area (Å²) in [6, 6.07) is 15.5. The Balaban J connectivity index is 1.77. The molecular formula is C18H21NO3S. The van der Waals surface area contributed by atoms with Crippen molar-refractivity contribution in [3.05, 3.63) is 54.1 Å². The van der Waals surface area contributed by atoms with E-state index in [2.05, 4.69) is 17.0 Å². The Morgan fingerprint density at radius 3 is 2.61 bits per heavy atom. The zero-order valence-electron chi connectivity index (χ0n) is 12.9. The summed E-state index contributed by atoms with van der Waals surface area (Å²) in [4.78, 5) is 3.39. The lowest BCUT2D eigenvalue weighted by Crippen LogP contribution is -2.36. The molecule has 2 aromatic rings. The first-order chi connectivity index (χ1) is 11.3. The molecule has 0 radical (unpaired) electrons. The van der Waals surface area contributed by atoms with Crippen molar-refractivity contribution in [1.82, 2.24) is 0 Å². The fraction of sp³-hybridized carbons (Fsp3) is 0.333. The Morgan fingerprint density at radius 1 is 1.09 bits per heavy atom. The van der Waals surface area contributed by atoms with Crippen molar-refractivity contribution >= 4 is 17.4 Å². The van der Waals surface area contributed by atoms with Gasteiger partial charge in [-0.05, 0) is 24.3 Å². The topological polar surface area (TPSA) is 52.9 Å². The van der Waals surface area contributed by atoms with Crippen molar-refractivity contribution in [2.45, 2.75) is 10.1 Å². The largest absolute Gasteiger partial charge is 0.508 e. The number of phenols is 1. The van der Waals surface area contributed by atoms with Gasteiger partial charge in [0.1, 0.15) is 5.75 Å². The molecule has 5 heteroatoms. The third kappa shape index (κ3) is 3.99. The molecule has 1 saturated heterocycles. The van der Waals surface area contributed by atoms with Gasteiger partial charge < -0.3 is 19.8 Å². The monoisotopic (exact) mass is 331 g/mol. The minimum absolute atomic E-state index is 0.0238. The number of hydrogen-bond acceptors (Lipinski definition) is 5. The fourth-order valence-electron chi connectivity index (χ4n) is 2.70. The molecule has 122 valence electrons. The van der Waals surface area contributed by atoms with E-state index >= 15 is 0 Å². The number of aliphatic hydroxyl groups excluding tert-OH is 1. The summed E-state index contributed by atoms with van der Waals surface area (Å²) < 4.78 is 5.40. The molecule has 2 N–H and O–H groups in total. The predicted octanol–water partition coefficient (Wildman–Crippen LogP) is 3.05. The third-order valence-electron chi connectivity index (χ3n) is 3.92. The first kappa shape index (κ1) is 16.2. The van der Waals surface area contributed by atoms with Crippen LogP contribution in [0.2, 0.25) is 0 Å². The van der Waals surface area contributed by atoms with Gasteiger partial charge in [0.15, 0.2) is 0 Å². The molecule has 1 atom stereocenters. The van der Waals surface area contributed by atoms with E-state index in [4.69, 9.17) is 4.74 Å². The van der Waals surface area contributed by atoms with E-state index in [0.717, 1.165) is 36.8 Å². The van der Waals surface area contributed by atoms with Crippen LogP contribution in [0, 0.1) is 0 Å². The lowest BCUT2D eigenvalue weighted by molar-refractivity contribution is 0.122. The summed E-state index contributed by atoms with van der Waals surface area (Å²) in [6.07, 6.45) is 0. The molecule has 1 heterocycles. The molecule has 0 bridgehead atoms. The van der Waals surface area contributed by atoms with Crippen molar-refractivity contribution in [3.8, 4) is 5.75 Å². The average molecular weight is 331 g/mol. The van der Waals surface area contributed by atoms with Gasteiger partial charge in [-0.3, -0.25) is 0 Å². The summed E-state index contributed by atoms with van der Waals surface area (Å²) in [6.45, 7) is 3.29. The number of anilines is 1. The van der Waals surface area contributed by atoms with Gasteiger partial charge in [0, 0.05) is 29.2 Å². The van der Waals surface area contributed by atoms with Crippen LogP contribution in [0.3, 0.4) is 0 Å². The van der Waals surface area contributed by atoms with Crippen molar-refractivity contribution in [3.63, 3.8) is 0 Å². The van der Waals surface area contributed by atoms with Crippen LogP contribution in [0.4, 0.5) is 5.69 Å². The summed E-state index contributed by atoms with van der Waals surface area (Å²) in [5.41, 5.74) is 1.93. The first-order valence-corrected chi connectivity index (χ1v) is 8.64. The second kappa shape index (κ2) is 7.73. The Hall–Kier alpha value is -1.69. The molecule has 1 aliphatic rings. The first-order valence-electron chi connectivity index (χ1n) is 7.76. The van der Waals surface area contributed by atoms with Crippen LogP contribution in [-0.2, 0) is 4.74 Å². The maximum Gasteiger partial charge on any atom is 0.119 e. The van der Waals surface area contributed by atoms with Crippen molar-refractivity contribution in [2.75, 3.05) is 37.8 Å². The fourth-order valence-corrected chi connectivity index (χ4v) is 3.77. The summed E-state index contributed by atoms with van der Waals surface area (Å²) in [5, 5.41) is 19.5. The predicted molar refractivity (Wildman–Crippen MR) is 93.3 cm³/mol. The minimum atomic E-state index is -0.184. The maximum atomic E-state index is 10.0. The molecule has 0 spiro atoms. The van der Waals surface area contributed by atoms with Crippen LogP contribution in [0.5, 0.6) is 5.75 Å². The number of morpholine rings is 1. The Morgan fingerprint density at radius 2 is 1.87 bits per heavy atom. The van der Waals surface area contributed by atoms with Gasteiger partial charge in [0.05, 0.1) is 25.1 Å². The van der Waals surface area contributed by atoms with Crippen molar-refractivity contribution in [1.29, 1.82) is 0 Å². The highest BCUT2D eigenvalue weighted by atomic mass is 32.2. The number of rotatable bonds is 5. The number of phenolic OH excluding ortho intramolecular Hbond substituents is 1. The molecule has 0 aliphatic carbocycles. The van der Waals surface area contributed by atoms with Crippen molar-refractivity contribution in [2.24, 2.45) is 0 Å². The van der Waals surface area contributed by atoms with E-state index in [1.165, 1.54) is 5.69 Å².